The zero-order valence-corrected chi connectivity index (χ0v) is 13.7. The molecule has 0 aliphatic heterocycles. The van der Waals surface area contributed by atoms with E-state index in [0.29, 0.717) is 0 Å². The van der Waals surface area contributed by atoms with Gasteiger partial charge in [0.1, 0.15) is 0 Å². The standard InChI is InChI=1S/C19H22N2O2/c1-14-9-10-18(11-15(14)2)16(3)21-19(22)13-23-20-12-17-7-5-4-6-8-17/h4-12,16H,13H2,1-3H3,(H,21,22)/b20-12+. The summed E-state index contributed by atoms with van der Waals surface area (Å²) in [5.41, 5.74) is 4.46. The molecule has 120 valence electrons. The topological polar surface area (TPSA) is 50.7 Å². The van der Waals surface area contributed by atoms with E-state index in [1.54, 1.807) is 6.21 Å². The van der Waals surface area contributed by atoms with Crippen molar-refractivity contribution < 1.29 is 9.63 Å². The van der Waals surface area contributed by atoms with Gasteiger partial charge in [-0.3, -0.25) is 4.79 Å². The molecule has 1 atom stereocenters. The highest BCUT2D eigenvalue weighted by Gasteiger charge is 2.10. The fourth-order valence-electron chi connectivity index (χ4n) is 2.13. The summed E-state index contributed by atoms with van der Waals surface area (Å²) in [7, 11) is 0. The maximum Gasteiger partial charge on any atom is 0.261 e. The van der Waals surface area contributed by atoms with Crippen molar-refractivity contribution in [2.45, 2.75) is 26.8 Å². The van der Waals surface area contributed by atoms with E-state index < -0.39 is 0 Å². The van der Waals surface area contributed by atoms with E-state index in [2.05, 4.69) is 36.5 Å². The monoisotopic (exact) mass is 310 g/mol. The van der Waals surface area contributed by atoms with Crippen LogP contribution in [0.15, 0.2) is 53.7 Å². The van der Waals surface area contributed by atoms with Gasteiger partial charge in [-0.15, -0.1) is 0 Å². The Morgan fingerprint density at radius 1 is 1.17 bits per heavy atom. The Morgan fingerprint density at radius 2 is 1.91 bits per heavy atom. The Bertz CT molecular complexity index is 681. The first-order valence-electron chi connectivity index (χ1n) is 7.63. The van der Waals surface area contributed by atoms with Crippen LogP contribution in [0, 0.1) is 13.8 Å². The number of nitrogens with zero attached hydrogens (tertiary/aromatic N) is 1. The summed E-state index contributed by atoms with van der Waals surface area (Å²) in [6.07, 6.45) is 1.58. The van der Waals surface area contributed by atoms with Crippen LogP contribution in [0.25, 0.3) is 0 Å². The predicted molar refractivity (Wildman–Crippen MR) is 92.5 cm³/mol. The van der Waals surface area contributed by atoms with Crippen molar-refractivity contribution in [1.29, 1.82) is 0 Å². The molecule has 4 nitrogen and oxygen atoms in total. The number of hydrogen-bond acceptors (Lipinski definition) is 3. The highest BCUT2D eigenvalue weighted by molar-refractivity contribution is 5.79. The average Bonchev–Trinajstić information content (AvgIpc) is 2.55. The number of oxime groups is 1. The minimum atomic E-state index is -0.194. The number of carbonyl (C=O) groups excluding carboxylic acids is 1. The van der Waals surface area contributed by atoms with E-state index in [4.69, 9.17) is 4.84 Å². The zero-order valence-electron chi connectivity index (χ0n) is 13.7. The van der Waals surface area contributed by atoms with Crippen LogP contribution in [0.5, 0.6) is 0 Å². The van der Waals surface area contributed by atoms with Gasteiger partial charge in [-0.1, -0.05) is 53.7 Å². The van der Waals surface area contributed by atoms with Gasteiger partial charge in [0.2, 0.25) is 0 Å². The largest absolute Gasteiger partial charge is 0.386 e. The zero-order chi connectivity index (χ0) is 16.7. The minimum Gasteiger partial charge on any atom is -0.386 e. The van der Waals surface area contributed by atoms with Gasteiger partial charge in [-0.2, -0.15) is 0 Å². The molecule has 1 unspecified atom stereocenters. The van der Waals surface area contributed by atoms with Crippen LogP contribution in [0.4, 0.5) is 0 Å². The molecule has 0 aliphatic carbocycles. The van der Waals surface area contributed by atoms with Crippen LogP contribution in [-0.4, -0.2) is 18.7 Å². The summed E-state index contributed by atoms with van der Waals surface area (Å²) in [6, 6.07) is 15.7. The molecule has 0 saturated heterocycles. The third kappa shape index (κ3) is 5.25. The van der Waals surface area contributed by atoms with Crippen molar-refractivity contribution >= 4 is 12.1 Å². The van der Waals surface area contributed by atoms with E-state index in [1.807, 2.05) is 43.3 Å². The summed E-state index contributed by atoms with van der Waals surface area (Å²) in [5, 5.41) is 6.71. The minimum absolute atomic E-state index is 0.0662. The Hall–Kier alpha value is -2.62. The Kier molecular flexibility index (Phi) is 5.92. The molecular formula is C19H22N2O2. The van der Waals surface area contributed by atoms with Crippen LogP contribution < -0.4 is 5.32 Å². The third-order valence-electron chi connectivity index (χ3n) is 3.68. The smallest absolute Gasteiger partial charge is 0.261 e. The Balaban J connectivity index is 1.80. The maximum absolute atomic E-state index is 11.9. The second-order valence-electron chi connectivity index (χ2n) is 5.55. The molecule has 2 rings (SSSR count). The first-order valence-corrected chi connectivity index (χ1v) is 7.63. The van der Waals surface area contributed by atoms with E-state index >= 15 is 0 Å². The lowest BCUT2D eigenvalue weighted by Gasteiger charge is -2.15. The summed E-state index contributed by atoms with van der Waals surface area (Å²) in [4.78, 5) is 16.9. The number of rotatable bonds is 6. The van der Waals surface area contributed by atoms with E-state index in [1.165, 1.54) is 11.1 Å². The lowest BCUT2D eigenvalue weighted by Crippen LogP contribution is -2.29. The number of hydrogen-bond donors (Lipinski definition) is 1. The van der Waals surface area contributed by atoms with Crippen LogP contribution in [0.1, 0.15) is 35.2 Å². The molecule has 1 N–H and O–H groups in total. The lowest BCUT2D eigenvalue weighted by atomic mass is 10.0. The maximum atomic E-state index is 11.9. The third-order valence-corrected chi connectivity index (χ3v) is 3.68. The first-order chi connectivity index (χ1) is 11.1. The molecule has 0 heterocycles. The van der Waals surface area contributed by atoms with Crippen LogP contribution in [-0.2, 0) is 9.63 Å². The lowest BCUT2D eigenvalue weighted by molar-refractivity contribution is -0.126. The predicted octanol–water partition coefficient (Wildman–Crippen LogP) is 3.53. The van der Waals surface area contributed by atoms with Crippen molar-refractivity contribution in [2.24, 2.45) is 5.16 Å². The molecule has 2 aromatic rings. The van der Waals surface area contributed by atoms with E-state index in [0.717, 1.165) is 11.1 Å². The fourth-order valence-corrected chi connectivity index (χ4v) is 2.13. The van der Waals surface area contributed by atoms with Gasteiger partial charge in [-0.25, -0.2) is 0 Å². The fraction of sp³-hybridized carbons (Fsp3) is 0.263. The van der Waals surface area contributed by atoms with Crippen molar-refractivity contribution in [3.8, 4) is 0 Å². The molecule has 0 saturated carbocycles. The van der Waals surface area contributed by atoms with Crippen LogP contribution >= 0.6 is 0 Å². The number of nitrogens with one attached hydrogen (secondary N) is 1. The summed E-state index contributed by atoms with van der Waals surface area (Å²) in [5.74, 6) is -0.194. The molecule has 0 aromatic heterocycles. The SMILES string of the molecule is Cc1ccc(C(C)NC(=O)CO/N=C/c2ccccc2)cc1C. The van der Waals surface area contributed by atoms with Gasteiger partial charge in [0.25, 0.3) is 5.91 Å². The molecule has 0 bridgehead atoms. The van der Waals surface area contributed by atoms with E-state index in [-0.39, 0.29) is 18.6 Å². The van der Waals surface area contributed by atoms with Crippen LogP contribution in [0.2, 0.25) is 0 Å². The van der Waals surface area contributed by atoms with Gasteiger partial charge < -0.3 is 10.2 Å². The van der Waals surface area contributed by atoms with Crippen molar-refractivity contribution in [1.82, 2.24) is 5.32 Å². The molecule has 23 heavy (non-hydrogen) atoms. The average molecular weight is 310 g/mol. The molecule has 2 aromatic carbocycles. The van der Waals surface area contributed by atoms with Gasteiger partial charge in [0.05, 0.1) is 12.3 Å². The van der Waals surface area contributed by atoms with Gasteiger partial charge in [0, 0.05) is 0 Å². The van der Waals surface area contributed by atoms with Gasteiger partial charge in [-0.05, 0) is 43.0 Å². The molecule has 0 aliphatic rings. The second-order valence-corrected chi connectivity index (χ2v) is 5.55. The van der Waals surface area contributed by atoms with Crippen molar-refractivity contribution in [3.63, 3.8) is 0 Å². The molecule has 0 radical (unpaired) electrons. The number of carbonyl (C=O) groups is 1. The summed E-state index contributed by atoms with van der Waals surface area (Å²) >= 11 is 0. The highest BCUT2D eigenvalue weighted by atomic mass is 16.6. The summed E-state index contributed by atoms with van der Waals surface area (Å²) < 4.78 is 0. The van der Waals surface area contributed by atoms with Gasteiger partial charge >= 0.3 is 0 Å². The number of aryl methyl sites for hydroxylation is 2. The first kappa shape index (κ1) is 16.7. The second kappa shape index (κ2) is 8.13. The van der Waals surface area contributed by atoms with Gasteiger partial charge in [0.15, 0.2) is 6.61 Å². The molecule has 0 fully saturated rings. The number of amides is 1. The van der Waals surface area contributed by atoms with Crippen LogP contribution in [0.3, 0.4) is 0 Å². The molecule has 4 heteroatoms. The Labute approximate surface area is 137 Å². The molecule has 0 spiro atoms. The molecular weight excluding hydrogens is 288 g/mol. The van der Waals surface area contributed by atoms with Crippen molar-refractivity contribution in [2.75, 3.05) is 6.61 Å². The Morgan fingerprint density at radius 3 is 2.61 bits per heavy atom. The number of benzene rings is 2. The highest BCUT2D eigenvalue weighted by Crippen LogP contribution is 2.16. The quantitative estimate of drug-likeness (QED) is 0.655. The van der Waals surface area contributed by atoms with E-state index in [9.17, 15) is 4.79 Å². The molecule has 1 amide bonds. The normalized spacial score (nSPS) is 12.1. The summed E-state index contributed by atoms with van der Waals surface area (Å²) in [6.45, 7) is 5.99. The van der Waals surface area contributed by atoms with Crippen molar-refractivity contribution in [3.05, 3.63) is 70.8 Å².